The quantitative estimate of drug-likeness (QED) is 0.556. The highest BCUT2D eigenvalue weighted by Gasteiger charge is 2.27. The molecule has 3 heterocycles. The maximum atomic E-state index is 13.4. The summed E-state index contributed by atoms with van der Waals surface area (Å²) in [6.45, 7) is 3.30. The van der Waals surface area contributed by atoms with Crippen LogP contribution < -0.4 is 10.9 Å². The number of ether oxygens (including phenoxy) is 1. The Bertz CT molecular complexity index is 959. The van der Waals surface area contributed by atoms with Crippen molar-refractivity contribution in [1.82, 2.24) is 14.9 Å². The number of nitrogens with zero attached hydrogens (tertiary/aromatic N) is 2. The van der Waals surface area contributed by atoms with Crippen LogP contribution in [0.4, 0.5) is 4.39 Å². The van der Waals surface area contributed by atoms with Gasteiger partial charge in [-0.05, 0) is 37.1 Å². The lowest BCUT2D eigenvalue weighted by Gasteiger charge is -2.14. The highest BCUT2D eigenvalue weighted by Crippen LogP contribution is 2.34. The molecule has 1 aromatic heterocycles. The average molecular weight is 436 g/mol. The Morgan fingerprint density at radius 1 is 1.41 bits per heavy atom. The van der Waals surface area contributed by atoms with Crippen molar-refractivity contribution in [3.8, 4) is 5.69 Å². The summed E-state index contributed by atoms with van der Waals surface area (Å²) in [6, 6.07) is 5.73. The number of fused-ring (bicyclic) bond motifs is 1. The lowest BCUT2D eigenvalue weighted by molar-refractivity contribution is -0.119. The van der Waals surface area contributed by atoms with E-state index in [0.29, 0.717) is 22.3 Å². The van der Waals surface area contributed by atoms with Crippen LogP contribution in [0.5, 0.6) is 0 Å². The monoisotopic (exact) mass is 435 g/mol. The number of benzene rings is 1. The smallest absolute Gasteiger partial charge is 0.272 e. The molecule has 0 aliphatic carbocycles. The van der Waals surface area contributed by atoms with Crippen LogP contribution in [0.3, 0.4) is 0 Å². The van der Waals surface area contributed by atoms with Crippen molar-refractivity contribution in [3.63, 3.8) is 0 Å². The van der Waals surface area contributed by atoms with E-state index >= 15 is 0 Å². The Morgan fingerprint density at radius 2 is 2.21 bits per heavy atom. The van der Waals surface area contributed by atoms with E-state index in [0.717, 1.165) is 31.6 Å². The maximum absolute atomic E-state index is 13.4. The molecule has 0 spiro atoms. The number of hydrogen-bond donors (Lipinski definition) is 1. The number of halogens is 1. The number of carbonyl (C=O) groups excluding carboxylic acids is 1. The van der Waals surface area contributed by atoms with Gasteiger partial charge in [0.2, 0.25) is 5.91 Å². The molecule has 154 valence electrons. The molecule has 1 fully saturated rings. The van der Waals surface area contributed by atoms with Crippen LogP contribution in [0.1, 0.15) is 25.5 Å². The van der Waals surface area contributed by atoms with E-state index in [9.17, 15) is 14.0 Å². The molecule has 4 rings (SSSR count). The molecule has 1 N–H and O–H groups in total. The highest BCUT2D eigenvalue weighted by molar-refractivity contribution is 8.00. The van der Waals surface area contributed by atoms with Gasteiger partial charge in [-0.1, -0.05) is 18.7 Å². The number of nitrogens with one attached hydrogen (secondary N) is 1. The van der Waals surface area contributed by atoms with Gasteiger partial charge in [0.15, 0.2) is 5.16 Å². The maximum Gasteiger partial charge on any atom is 0.272 e. The number of thioether (sulfide) groups is 2. The summed E-state index contributed by atoms with van der Waals surface area (Å²) in [7, 11) is 0. The predicted molar refractivity (Wildman–Crippen MR) is 112 cm³/mol. The van der Waals surface area contributed by atoms with Crippen molar-refractivity contribution < 1.29 is 13.9 Å². The van der Waals surface area contributed by atoms with Gasteiger partial charge in [-0.3, -0.25) is 14.2 Å². The zero-order chi connectivity index (χ0) is 20.4. The van der Waals surface area contributed by atoms with Crippen LogP contribution in [-0.4, -0.2) is 45.7 Å². The first-order valence-electron chi connectivity index (χ1n) is 9.61. The summed E-state index contributed by atoms with van der Waals surface area (Å²) in [4.78, 5) is 30.7. The van der Waals surface area contributed by atoms with Gasteiger partial charge in [0.1, 0.15) is 5.82 Å². The first kappa shape index (κ1) is 20.4. The molecule has 1 aromatic carbocycles. The summed E-state index contributed by atoms with van der Waals surface area (Å²) in [5.41, 5.74) is 1.14. The second kappa shape index (κ2) is 8.89. The van der Waals surface area contributed by atoms with Crippen molar-refractivity contribution in [2.24, 2.45) is 0 Å². The minimum Gasteiger partial charge on any atom is -0.376 e. The minimum atomic E-state index is -0.373. The van der Waals surface area contributed by atoms with E-state index in [2.05, 4.69) is 17.2 Å². The Labute approximate surface area is 176 Å². The van der Waals surface area contributed by atoms with Crippen molar-refractivity contribution in [2.45, 2.75) is 47.6 Å². The Hall–Kier alpha value is -1.84. The van der Waals surface area contributed by atoms with E-state index in [4.69, 9.17) is 4.74 Å². The van der Waals surface area contributed by atoms with Crippen LogP contribution in [0, 0.1) is 5.82 Å². The summed E-state index contributed by atoms with van der Waals surface area (Å²) < 4.78 is 20.4. The lowest BCUT2D eigenvalue weighted by Crippen LogP contribution is -2.33. The van der Waals surface area contributed by atoms with Crippen LogP contribution >= 0.6 is 23.5 Å². The first-order chi connectivity index (χ1) is 14.0. The lowest BCUT2D eigenvalue weighted by atomic mass is 10.2. The normalized spacial score (nSPS) is 20.6. The second-order valence-electron chi connectivity index (χ2n) is 7.15. The molecule has 9 heteroatoms. The number of aromatic nitrogens is 2. The van der Waals surface area contributed by atoms with Crippen molar-refractivity contribution in [1.29, 1.82) is 0 Å². The van der Waals surface area contributed by atoms with Crippen LogP contribution in [0.25, 0.3) is 5.69 Å². The van der Waals surface area contributed by atoms with Gasteiger partial charge in [-0.25, -0.2) is 9.37 Å². The van der Waals surface area contributed by atoms with Crippen LogP contribution in [0.2, 0.25) is 0 Å². The van der Waals surface area contributed by atoms with Gasteiger partial charge in [0.25, 0.3) is 5.56 Å². The molecule has 1 amide bonds. The van der Waals surface area contributed by atoms with Crippen LogP contribution in [-0.2, 0) is 16.0 Å². The number of carbonyl (C=O) groups is 1. The second-order valence-corrected chi connectivity index (χ2v) is 9.54. The van der Waals surface area contributed by atoms with Gasteiger partial charge >= 0.3 is 0 Å². The van der Waals surface area contributed by atoms with Crippen molar-refractivity contribution in [2.75, 3.05) is 18.9 Å². The van der Waals surface area contributed by atoms with Gasteiger partial charge in [0.05, 0.1) is 28.1 Å². The van der Waals surface area contributed by atoms with E-state index in [1.807, 2.05) is 0 Å². The highest BCUT2D eigenvalue weighted by atomic mass is 32.2. The molecule has 0 unspecified atom stereocenters. The van der Waals surface area contributed by atoms with Crippen molar-refractivity contribution in [3.05, 3.63) is 46.1 Å². The molecular formula is C20H22FN3O3S2. The molecule has 29 heavy (non-hydrogen) atoms. The van der Waals surface area contributed by atoms with Gasteiger partial charge < -0.3 is 10.1 Å². The summed E-state index contributed by atoms with van der Waals surface area (Å²) in [6.07, 6.45) is 2.78. The third kappa shape index (κ3) is 4.67. The molecule has 0 saturated carbocycles. The molecular weight excluding hydrogens is 413 g/mol. The number of rotatable bonds is 6. The fourth-order valence-electron chi connectivity index (χ4n) is 3.43. The van der Waals surface area contributed by atoms with E-state index in [-0.39, 0.29) is 34.4 Å². The van der Waals surface area contributed by atoms with Crippen molar-refractivity contribution >= 4 is 29.4 Å². The molecule has 1 saturated heterocycles. The first-order valence-corrected chi connectivity index (χ1v) is 11.5. The van der Waals surface area contributed by atoms with Gasteiger partial charge in [-0.2, -0.15) is 0 Å². The summed E-state index contributed by atoms with van der Waals surface area (Å²) >= 11 is 2.73. The molecule has 2 aliphatic heterocycles. The molecule has 0 bridgehead atoms. The largest absolute Gasteiger partial charge is 0.376 e. The fourth-order valence-corrected chi connectivity index (χ4v) is 5.38. The zero-order valence-corrected chi connectivity index (χ0v) is 17.7. The summed E-state index contributed by atoms with van der Waals surface area (Å²) in [5, 5.41) is 3.61. The Kier molecular flexibility index (Phi) is 6.26. The number of hydrogen-bond acceptors (Lipinski definition) is 6. The van der Waals surface area contributed by atoms with Gasteiger partial charge in [-0.15, -0.1) is 11.8 Å². The van der Waals surface area contributed by atoms with E-state index < -0.39 is 0 Å². The Balaban J connectivity index is 1.55. The molecule has 2 atom stereocenters. The van der Waals surface area contributed by atoms with Crippen LogP contribution in [0.15, 0.2) is 39.1 Å². The Morgan fingerprint density at radius 3 is 2.93 bits per heavy atom. The third-order valence-electron chi connectivity index (χ3n) is 4.85. The fraction of sp³-hybridized carbons (Fsp3) is 0.450. The van der Waals surface area contributed by atoms with Gasteiger partial charge in [0, 0.05) is 24.8 Å². The SMILES string of the molecule is C[C@@H]1Cc2nc(SCC(=O)NC[C@@H]3CCCO3)n(-c3ccc(F)cc3)c(=O)c2S1. The summed E-state index contributed by atoms with van der Waals surface area (Å²) in [5.74, 6) is -0.364. The third-order valence-corrected chi connectivity index (χ3v) is 7.00. The standard InChI is InChI=1S/C20H22FN3O3S2/c1-12-9-16-18(29-12)19(26)24(14-6-4-13(21)5-7-14)20(23-16)28-11-17(25)22-10-15-3-2-8-27-15/h4-7,12,15H,2-3,8-11H2,1H3,(H,22,25)/t12-,15+/m1/s1. The average Bonchev–Trinajstić information content (AvgIpc) is 3.35. The van der Waals surface area contributed by atoms with E-state index in [1.54, 1.807) is 12.1 Å². The minimum absolute atomic E-state index is 0.0815. The molecule has 6 nitrogen and oxygen atoms in total. The molecule has 2 aliphatic rings. The zero-order valence-electron chi connectivity index (χ0n) is 16.0. The molecule has 2 aromatic rings. The predicted octanol–water partition coefficient (Wildman–Crippen LogP) is 2.80. The topological polar surface area (TPSA) is 73.2 Å². The molecule has 0 radical (unpaired) electrons. The van der Waals surface area contributed by atoms with E-state index in [1.165, 1.54) is 40.2 Å². The number of amides is 1.